The number of carbonyl (C=O) groups excluding carboxylic acids is 1. The van der Waals surface area contributed by atoms with E-state index in [-0.39, 0.29) is 0 Å². The highest BCUT2D eigenvalue weighted by atomic mass is 16.5. The summed E-state index contributed by atoms with van der Waals surface area (Å²) in [6.07, 6.45) is 1.93. The molecule has 0 aromatic heterocycles. The fourth-order valence-corrected chi connectivity index (χ4v) is 1.31. The zero-order valence-electron chi connectivity index (χ0n) is 9.62. The van der Waals surface area contributed by atoms with Crippen molar-refractivity contribution >= 4 is 6.29 Å². The van der Waals surface area contributed by atoms with E-state index in [0.29, 0.717) is 18.1 Å². The van der Waals surface area contributed by atoms with E-state index in [9.17, 15) is 4.79 Å². The van der Waals surface area contributed by atoms with E-state index in [1.54, 1.807) is 6.07 Å². The smallest absolute Gasteiger partial charge is 0.153 e. The minimum Gasteiger partial charge on any atom is -0.492 e. The van der Waals surface area contributed by atoms with Gasteiger partial charge in [-0.1, -0.05) is 32.4 Å². The van der Waals surface area contributed by atoms with Gasteiger partial charge in [-0.2, -0.15) is 0 Å². The van der Waals surface area contributed by atoms with Gasteiger partial charge in [0.2, 0.25) is 0 Å². The largest absolute Gasteiger partial charge is 0.492 e. The Bertz CT molecular complexity index is 331. The number of carbonyl (C=O) groups is 1. The van der Waals surface area contributed by atoms with Crippen molar-refractivity contribution in [3.05, 3.63) is 29.3 Å². The first-order valence-corrected chi connectivity index (χ1v) is 5.36. The number of ether oxygens (including phenoxy) is 1. The Morgan fingerprint density at radius 2 is 2.20 bits per heavy atom. The third-order valence-corrected chi connectivity index (χ3v) is 2.58. The van der Waals surface area contributed by atoms with Gasteiger partial charge in [-0.25, -0.2) is 0 Å². The molecule has 0 saturated heterocycles. The van der Waals surface area contributed by atoms with E-state index in [0.717, 1.165) is 24.0 Å². The molecule has 0 heterocycles. The molecule has 2 heteroatoms. The standard InChI is InChI=1S/C13H18O2/c1-4-10(2)9-15-13-11(3)6-5-7-12(13)8-14/h5-8,10H,4,9H2,1-3H3. The molecule has 15 heavy (non-hydrogen) atoms. The number of para-hydroxylation sites is 1. The average Bonchev–Trinajstić information content (AvgIpc) is 2.26. The Kier molecular flexibility index (Phi) is 4.35. The first-order chi connectivity index (χ1) is 7.19. The third kappa shape index (κ3) is 3.08. The molecule has 0 N–H and O–H groups in total. The van der Waals surface area contributed by atoms with Crippen LogP contribution in [-0.2, 0) is 0 Å². The highest BCUT2D eigenvalue weighted by Crippen LogP contribution is 2.22. The number of aldehydes is 1. The first kappa shape index (κ1) is 11.8. The minimum atomic E-state index is 0.518. The zero-order valence-corrected chi connectivity index (χ0v) is 9.62. The van der Waals surface area contributed by atoms with Crippen LogP contribution in [0.4, 0.5) is 0 Å². The van der Waals surface area contributed by atoms with Crippen LogP contribution in [0.15, 0.2) is 18.2 Å². The molecule has 1 aromatic carbocycles. The van der Waals surface area contributed by atoms with Gasteiger partial charge in [-0.05, 0) is 24.5 Å². The van der Waals surface area contributed by atoms with Crippen molar-refractivity contribution < 1.29 is 9.53 Å². The molecule has 0 fully saturated rings. The van der Waals surface area contributed by atoms with Crippen LogP contribution < -0.4 is 4.74 Å². The van der Waals surface area contributed by atoms with Crippen molar-refractivity contribution in [2.24, 2.45) is 5.92 Å². The Morgan fingerprint density at radius 3 is 2.80 bits per heavy atom. The summed E-state index contributed by atoms with van der Waals surface area (Å²) < 4.78 is 5.68. The van der Waals surface area contributed by atoms with Gasteiger partial charge in [-0.15, -0.1) is 0 Å². The lowest BCUT2D eigenvalue weighted by atomic mass is 10.1. The van der Waals surface area contributed by atoms with Gasteiger partial charge in [0.1, 0.15) is 5.75 Å². The molecule has 1 aromatic rings. The van der Waals surface area contributed by atoms with E-state index in [1.807, 2.05) is 19.1 Å². The lowest BCUT2D eigenvalue weighted by Crippen LogP contribution is -2.09. The molecular formula is C13H18O2. The summed E-state index contributed by atoms with van der Waals surface area (Å²) in [4.78, 5) is 10.8. The Labute approximate surface area is 91.3 Å². The van der Waals surface area contributed by atoms with Crippen molar-refractivity contribution in [3.8, 4) is 5.75 Å². The monoisotopic (exact) mass is 206 g/mol. The first-order valence-electron chi connectivity index (χ1n) is 5.36. The van der Waals surface area contributed by atoms with Crippen LogP contribution in [0.2, 0.25) is 0 Å². The maximum Gasteiger partial charge on any atom is 0.153 e. The molecule has 0 aliphatic heterocycles. The highest BCUT2D eigenvalue weighted by molar-refractivity contribution is 5.80. The fourth-order valence-electron chi connectivity index (χ4n) is 1.31. The molecule has 1 atom stereocenters. The second-order valence-electron chi connectivity index (χ2n) is 3.94. The van der Waals surface area contributed by atoms with Crippen LogP contribution in [-0.4, -0.2) is 12.9 Å². The van der Waals surface area contributed by atoms with Crippen LogP contribution in [0.3, 0.4) is 0 Å². The predicted molar refractivity (Wildman–Crippen MR) is 61.5 cm³/mol. The van der Waals surface area contributed by atoms with Gasteiger partial charge in [0.05, 0.1) is 12.2 Å². The van der Waals surface area contributed by atoms with Gasteiger partial charge in [0.15, 0.2) is 6.29 Å². The number of rotatable bonds is 5. The Morgan fingerprint density at radius 1 is 1.47 bits per heavy atom. The fraction of sp³-hybridized carbons (Fsp3) is 0.462. The van der Waals surface area contributed by atoms with Gasteiger partial charge >= 0.3 is 0 Å². The number of hydrogen-bond acceptors (Lipinski definition) is 2. The van der Waals surface area contributed by atoms with Crippen LogP contribution in [0.1, 0.15) is 36.2 Å². The van der Waals surface area contributed by atoms with Crippen molar-refractivity contribution in [2.75, 3.05) is 6.61 Å². The molecule has 1 unspecified atom stereocenters. The molecule has 0 bridgehead atoms. The van der Waals surface area contributed by atoms with Crippen LogP contribution >= 0.6 is 0 Å². The van der Waals surface area contributed by atoms with E-state index < -0.39 is 0 Å². The van der Waals surface area contributed by atoms with Crippen molar-refractivity contribution in [1.29, 1.82) is 0 Å². The Hall–Kier alpha value is -1.31. The van der Waals surface area contributed by atoms with E-state index in [4.69, 9.17) is 4.74 Å². The summed E-state index contributed by atoms with van der Waals surface area (Å²) in [5.74, 6) is 1.25. The van der Waals surface area contributed by atoms with Gasteiger partial charge < -0.3 is 4.74 Å². The van der Waals surface area contributed by atoms with Crippen molar-refractivity contribution in [3.63, 3.8) is 0 Å². The van der Waals surface area contributed by atoms with E-state index in [1.165, 1.54) is 0 Å². The van der Waals surface area contributed by atoms with Crippen LogP contribution in [0.25, 0.3) is 0 Å². The van der Waals surface area contributed by atoms with Gasteiger partial charge in [0, 0.05) is 0 Å². The number of aryl methyl sites for hydroxylation is 1. The van der Waals surface area contributed by atoms with E-state index >= 15 is 0 Å². The lowest BCUT2D eigenvalue weighted by Gasteiger charge is -2.14. The summed E-state index contributed by atoms with van der Waals surface area (Å²) >= 11 is 0. The molecule has 0 spiro atoms. The topological polar surface area (TPSA) is 26.3 Å². The summed E-state index contributed by atoms with van der Waals surface area (Å²) in [5.41, 5.74) is 1.65. The molecule has 0 aliphatic carbocycles. The molecule has 82 valence electrons. The molecule has 0 amide bonds. The van der Waals surface area contributed by atoms with E-state index in [2.05, 4.69) is 13.8 Å². The zero-order chi connectivity index (χ0) is 11.3. The van der Waals surface area contributed by atoms with Crippen LogP contribution in [0.5, 0.6) is 5.75 Å². The molecule has 0 aliphatic rings. The van der Waals surface area contributed by atoms with Crippen molar-refractivity contribution in [1.82, 2.24) is 0 Å². The van der Waals surface area contributed by atoms with Crippen LogP contribution in [0, 0.1) is 12.8 Å². The SMILES string of the molecule is CCC(C)COc1c(C)cccc1C=O. The summed E-state index contributed by atoms with van der Waals surface area (Å²) in [5, 5.41) is 0. The maximum atomic E-state index is 10.8. The average molecular weight is 206 g/mol. The Balaban J connectivity index is 2.78. The second-order valence-corrected chi connectivity index (χ2v) is 3.94. The van der Waals surface area contributed by atoms with Gasteiger partial charge in [0.25, 0.3) is 0 Å². The third-order valence-electron chi connectivity index (χ3n) is 2.58. The maximum absolute atomic E-state index is 10.8. The summed E-state index contributed by atoms with van der Waals surface area (Å²) in [7, 11) is 0. The molecular weight excluding hydrogens is 188 g/mol. The summed E-state index contributed by atoms with van der Waals surface area (Å²) in [6.45, 7) is 6.90. The lowest BCUT2D eigenvalue weighted by molar-refractivity contribution is 0.111. The second kappa shape index (κ2) is 5.54. The van der Waals surface area contributed by atoms with Gasteiger partial charge in [-0.3, -0.25) is 4.79 Å². The highest BCUT2D eigenvalue weighted by Gasteiger charge is 2.07. The molecule has 0 saturated carbocycles. The molecule has 0 radical (unpaired) electrons. The molecule has 2 nitrogen and oxygen atoms in total. The summed E-state index contributed by atoms with van der Waals surface area (Å²) in [6, 6.07) is 5.61. The molecule has 1 rings (SSSR count). The minimum absolute atomic E-state index is 0.518. The normalized spacial score (nSPS) is 12.2. The number of benzene rings is 1. The quantitative estimate of drug-likeness (QED) is 0.691. The number of hydrogen-bond donors (Lipinski definition) is 0. The predicted octanol–water partition coefficient (Wildman–Crippen LogP) is 3.23. The van der Waals surface area contributed by atoms with Crippen molar-refractivity contribution in [2.45, 2.75) is 27.2 Å².